The fraction of sp³-hybridized carbons (Fsp3) is 0.382. The van der Waals surface area contributed by atoms with Crippen LogP contribution in [0.5, 0.6) is 0 Å². The number of carbonyl (C=O) groups excluding carboxylic acids is 3. The summed E-state index contributed by atoms with van der Waals surface area (Å²) >= 11 is 2.23. The summed E-state index contributed by atoms with van der Waals surface area (Å²) in [6.07, 6.45) is -3.02. The number of nitrogens with one attached hydrogen (secondary N) is 2. The zero-order valence-corrected chi connectivity index (χ0v) is 27.0. The van der Waals surface area contributed by atoms with Crippen LogP contribution in [0.1, 0.15) is 29.5 Å². The van der Waals surface area contributed by atoms with Gasteiger partial charge in [0.25, 0.3) is 0 Å². The third kappa shape index (κ3) is 5.30. The van der Waals surface area contributed by atoms with E-state index in [1.54, 1.807) is 5.06 Å². The van der Waals surface area contributed by atoms with Crippen LogP contribution in [-0.2, 0) is 45.8 Å². The van der Waals surface area contributed by atoms with Crippen molar-refractivity contribution < 1.29 is 38.5 Å². The topological polar surface area (TPSA) is 136 Å². The van der Waals surface area contributed by atoms with Crippen molar-refractivity contribution in [1.82, 2.24) is 15.7 Å². The van der Waals surface area contributed by atoms with Crippen molar-refractivity contribution in [2.24, 2.45) is 5.41 Å². The third-order valence-corrected chi connectivity index (χ3v) is 9.86. The van der Waals surface area contributed by atoms with Crippen molar-refractivity contribution in [3.8, 4) is 0 Å². The van der Waals surface area contributed by atoms with Gasteiger partial charge in [-0.2, -0.15) is 5.06 Å². The summed E-state index contributed by atoms with van der Waals surface area (Å²) in [5.74, 6) is -2.63. The molecule has 240 valence electrons. The number of halogens is 1. The largest absolute Gasteiger partial charge is 0.458 e. The van der Waals surface area contributed by atoms with Gasteiger partial charge in [0.15, 0.2) is 6.04 Å². The Morgan fingerprint density at radius 1 is 0.913 bits per heavy atom. The highest BCUT2D eigenvalue weighted by Gasteiger charge is 2.76. The fourth-order valence-electron chi connectivity index (χ4n) is 7.24. The average Bonchev–Trinajstić information content (AvgIpc) is 3.64. The van der Waals surface area contributed by atoms with Crippen LogP contribution < -0.4 is 10.6 Å². The molecule has 0 radical (unpaired) electrons. The number of rotatable bonds is 10. The van der Waals surface area contributed by atoms with Crippen molar-refractivity contribution in [2.75, 3.05) is 19.7 Å². The summed E-state index contributed by atoms with van der Waals surface area (Å²) in [6.45, 7) is 0.217. The highest BCUT2D eigenvalue weighted by molar-refractivity contribution is 14.1. The minimum atomic E-state index is -1.38. The molecule has 0 aromatic heterocycles. The minimum absolute atomic E-state index is 0.00877. The minimum Gasteiger partial charge on any atom is -0.458 e. The number of amides is 2. The lowest BCUT2D eigenvalue weighted by atomic mass is 9.62. The van der Waals surface area contributed by atoms with Crippen LogP contribution in [0.3, 0.4) is 0 Å². The fourth-order valence-corrected chi connectivity index (χ4v) is 7.85. The number of fused-ring (bicyclic) bond motifs is 4. The van der Waals surface area contributed by atoms with E-state index in [4.69, 9.17) is 24.2 Å². The lowest BCUT2D eigenvalue weighted by Gasteiger charge is -2.48. The van der Waals surface area contributed by atoms with Crippen molar-refractivity contribution in [3.63, 3.8) is 0 Å². The van der Waals surface area contributed by atoms with Crippen LogP contribution in [0.15, 0.2) is 84.9 Å². The molecular weight excluding hydrogens is 705 g/mol. The molecule has 3 aliphatic heterocycles. The summed E-state index contributed by atoms with van der Waals surface area (Å²) in [5.41, 5.74) is 1.04. The van der Waals surface area contributed by atoms with Crippen LogP contribution in [0.25, 0.3) is 0 Å². The summed E-state index contributed by atoms with van der Waals surface area (Å²) in [5, 5.41) is 16.1. The Hall–Kier alpha value is -3.40. The first-order valence-corrected chi connectivity index (χ1v) is 16.4. The Kier molecular flexibility index (Phi) is 8.59. The molecule has 0 spiro atoms. The van der Waals surface area contributed by atoms with Gasteiger partial charge in [0.05, 0.1) is 13.2 Å². The van der Waals surface area contributed by atoms with Gasteiger partial charge in [0, 0.05) is 40.6 Å². The SMILES string of the molecule is O=C(CCNC(=O)C12CC3OC(=O)C1N(Cc1cccc(I)c1)OC2C1OC(c2ccccc2)(c2ccccc2)OC31)NCCO. The van der Waals surface area contributed by atoms with Gasteiger partial charge in [0.1, 0.15) is 29.8 Å². The number of hydroxylamine groups is 2. The Morgan fingerprint density at radius 2 is 1.61 bits per heavy atom. The van der Waals surface area contributed by atoms with Gasteiger partial charge >= 0.3 is 5.97 Å². The van der Waals surface area contributed by atoms with Crippen molar-refractivity contribution >= 4 is 40.4 Å². The van der Waals surface area contributed by atoms with E-state index in [0.717, 1.165) is 20.3 Å². The molecule has 3 aromatic rings. The second-order valence-electron chi connectivity index (χ2n) is 11.9. The van der Waals surface area contributed by atoms with Gasteiger partial charge in [-0.3, -0.25) is 19.2 Å². The summed E-state index contributed by atoms with van der Waals surface area (Å²) in [7, 11) is 0. The number of nitrogens with zero attached hydrogens (tertiary/aromatic N) is 1. The van der Waals surface area contributed by atoms with Crippen LogP contribution in [0.4, 0.5) is 0 Å². The molecule has 2 bridgehead atoms. The lowest BCUT2D eigenvalue weighted by Crippen LogP contribution is -2.69. The van der Waals surface area contributed by atoms with E-state index >= 15 is 0 Å². The maximum atomic E-state index is 14.4. The quantitative estimate of drug-likeness (QED) is 0.212. The highest BCUT2D eigenvalue weighted by Crippen LogP contribution is 2.59. The van der Waals surface area contributed by atoms with Crippen molar-refractivity contribution in [3.05, 3.63) is 105 Å². The molecule has 6 atom stereocenters. The molecule has 4 fully saturated rings. The van der Waals surface area contributed by atoms with Gasteiger partial charge in [-0.1, -0.05) is 72.8 Å². The summed E-state index contributed by atoms with van der Waals surface area (Å²) < 4.78 is 20.9. The highest BCUT2D eigenvalue weighted by atomic mass is 127. The Balaban J connectivity index is 1.27. The molecule has 4 aliphatic rings. The predicted octanol–water partition coefficient (Wildman–Crippen LogP) is 2.39. The molecule has 3 saturated heterocycles. The first kappa shape index (κ1) is 31.2. The van der Waals surface area contributed by atoms with Crippen LogP contribution >= 0.6 is 22.6 Å². The number of hydrogen-bond donors (Lipinski definition) is 3. The van der Waals surface area contributed by atoms with Crippen LogP contribution in [0.2, 0.25) is 0 Å². The molecule has 7 rings (SSSR count). The molecule has 1 saturated carbocycles. The zero-order chi connectivity index (χ0) is 31.9. The van der Waals surface area contributed by atoms with E-state index in [1.165, 1.54) is 0 Å². The molecule has 12 heteroatoms. The number of benzene rings is 3. The number of carbonyl (C=O) groups is 3. The van der Waals surface area contributed by atoms with Gasteiger partial charge < -0.3 is 30.0 Å². The molecular formula is C34H34IN3O8. The molecule has 6 unspecified atom stereocenters. The molecule has 3 aromatic carbocycles. The van der Waals surface area contributed by atoms with E-state index in [1.807, 2.05) is 84.9 Å². The number of aliphatic hydroxyl groups is 1. The predicted molar refractivity (Wildman–Crippen MR) is 171 cm³/mol. The zero-order valence-electron chi connectivity index (χ0n) is 24.8. The van der Waals surface area contributed by atoms with Crippen molar-refractivity contribution in [1.29, 1.82) is 0 Å². The Morgan fingerprint density at radius 3 is 2.28 bits per heavy atom. The van der Waals surface area contributed by atoms with Gasteiger partial charge in [-0.15, -0.1) is 0 Å². The van der Waals surface area contributed by atoms with E-state index in [0.29, 0.717) is 0 Å². The molecule has 3 N–H and O–H groups in total. The number of ether oxygens (including phenoxy) is 3. The number of esters is 1. The summed E-state index contributed by atoms with van der Waals surface area (Å²) in [6, 6.07) is 25.9. The number of hydrogen-bond acceptors (Lipinski definition) is 9. The number of aliphatic hydroxyl groups excluding tert-OH is 1. The lowest BCUT2D eigenvalue weighted by molar-refractivity contribution is -0.213. The molecule has 1 aliphatic carbocycles. The van der Waals surface area contributed by atoms with Crippen molar-refractivity contribution in [2.45, 2.75) is 55.6 Å². The Bertz CT molecular complexity index is 1570. The van der Waals surface area contributed by atoms with Gasteiger partial charge in [-0.05, 0) is 40.3 Å². The standard InChI is InChI=1S/C34H34IN3O8/c35-24-13-7-8-21(18-24)20-38-29-31(41)43-25-19-33(29,32(42)37-15-14-26(40)36-16-17-39)30(46-38)28-27(25)44-34(45-28,22-9-3-1-4-10-22)23-11-5-2-6-12-23/h1-13,18,25,27-30,39H,14-17,19-20H2,(H,36,40)(H,37,42). The third-order valence-electron chi connectivity index (χ3n) is 9.18. The Labute approximate surface area is 279 Å². The van der Waals surface area contributed by atoms with Gasteiger partial charge in [0.2, 0.25) is 17.6 Å². The first-order chi connectivity index (χ1) is 22.4. The van der Waals surface area contributed by atoms with E-state index in [2.05, 4.69) is 33.2 Å². The second-order valence-corrected chi connectivity index (χ2v) is 13.2. The smallest absolute Gasteiger partial charge is 0.327 e. The van der Waals surface area contributed by atoms with E-state index < -0.39 is 53.5 Å². The monoisotopic (exact) mass is 739 g/mol. The molecule has 11 nitrogen and oxygen atoms in total. The second kappa shape index (κ2) is 12.7. The van der Waals surface area contributed by atoms with Gasteiger partial charge in [-0.25, -0.2) is 0 Å². The molecule has 3 heterocycles. The average molecular weight is 740 g/mol. The van der Waals surface area contributed by atoms with Crippen LogP contribution in [-0.4, -0.2) is 78.1 Å². The molecule has 46 heavy (non-hydrogen) atoms. The van der Waals surface area contributed by atoms with E-state index in [9.17, 15) is 14.4 Å². The molecule has 2 amide bonds. The normalized spacial score (nSPS) is 29.1. The first-order valence-electron chi connectivity index (χ1n) is 15.4. The summed E-state index contributed by atoms with van der Waals surface area (Å²) in [4.78, 5) is 47.2. The maximum absolute atomic E-state index is 14.4. The maximum Gasteiger partial charge on any atom is 0.327 e. The van der Waals surface area contributed by atoms with E-state index in [-0.39, 0.29) is 45.0 Å². The van der Waals surface area contributed by atoms with Crippen LogP contribution in [0, 0.1) is 8.99 Å².